The molecule has 0 aliphatic carbocycles. The van der Waals surface area contributed by atoms with Crippen molar-refractivity contribution in [2.45, 2.75) is 32.5 Å². The molecule has 1 atom stereocenters. The zero-order valence-electron chi connectivity index (χ0n) is 7.74. The number of esters is 1. The van der Waals surface area contributed by atoms with Crippen LogP contribution in [0.1, 0.15) is 20.3 Å². The molecular formula is C8H16O4. The Morgan fingerprint density at radius 2 is 2.08 bits per heavy atom. The maximum atomic E-state index is 10.6. The number of carbonyl (C=O) groups excluding carboxylic acids is 1. The van der Waals surface area contributed by atoms with E-state index in [-0.39, 0.29) is 19.1 Å². The number of aliphatic hydroxyl groups excluding tert-OH is 1. The summed E-state index contributed by atoms with van der Waals surface area (Å²) in [6.45, 7) is 3.91. The van der Waals surface area contributed by atoms with Gasteiger partial charge in [-0.05, 0) is 13.8 Å². The fraction of sp³-hybridized carbons (Fsp3) is 0.875. The van der Waals surface area contributed by atoms with E-state index in [1.807, 2.05) is 13.8 Å². The van der Waals surface area contributed by atoms with Gasteiger partial charge in [0, 0.05) is 0 Å². The van der Waals surface area contributed by atoms with Crippen molar-refractivity contribution >= 4 is 5.97 Å². The Balaban J connectivity index is 3.45. The maximum absolute atomic E-state index is 10.6. The van der Waals surface area contributed by atoms with Crippen molar-refractivity contribution in [2.75, 3.05) is 13.7 Å². The van der Waals surface area contributed by atoms with E-state index in [9.17, 15) is 9.90 Å². The summed E-state index contributed by atoms with van der Waals surface area (Å²) in [7, 11) is 1.29. The van der Waals surface area contributed by atoms with Crippen LogP contribution in [-0.2, 0) is 14.3 Å². The number of hydrogen-bond donors (Lipinski definition) is 1. The smallest absolute Gasteiger partial charge is 0.308 e. The lowest BCUT2D eigenvalue weighted by atomic mass is 10.3. The summed E-state index contributed by atoms with van der Waals surface area (Å²) in [6, 6.07) is 0. The van der Waals surface area contributed by atoms with Crippen molar-refractivity contribution in [2.24, 2.45) is 0 Å². The molecular weight excluding hydrogens is 160 g/mol. The summed E-state index contributed by atoms with van der Waals surface area (Å²) >= 11 is 0. The van der Waals surface area contributed by atoms with Gasteiger partial charge < -0.3 is 14.6 Å². The van der Waals surface area contributed by atoms with Crippen LogP contribution < -0.4 is 0 Å². The van der Waals surface area contributed by atoms with Gasteiger partial charge in [0.25, 0.3) is 0 Å². The van der Waals surface area contributed by atoms with Gasteiger partial charge in [-0.15, -0.1) is 0 Å². The molecule has 0 aromatic heterocycles. The predicted octanol–water partition coefficient (Wildman–Crippen LogP) is 0.335. The average molecular weight is 176 g/mol. The molecule has 0 amide bonds. The van der Waals surface area contributed by atoms with Crippen LogP contribution in [-0.4, -0.2) is 37.0 Å². The molecule has 0 saturated carbocycles. The minimum atomic E-state index is -0.764. The first kappa shape index (κ1) is 11.4. The van der Waals surface area contributed by atoms with Crippen LogP contribution in [0.2, 0.25) is 0 Å². The van der Waals surface area contributed by atoms with E-state index >= 15 is 0 Å². The Bertz CT molecular complexity index is 133. The number of aliphatic hydroxyl groups is 1. The van der Waals surface area contributed by atoms with Gasteiger partial charge in [0.1, 0.15) is 0 Å². The molecule has 0 rings (SSSR count). The molecule has 0 aliphatic heterocycles. The van der Waals surface area contributed by atoms with Crippen LogP contribution in [0.5, 0.6) is 0 Å². The van der Waals surface area contributed by atoms with Crippen LogP contribution >= 0.6 is 0 Å². The quantitative estimate of drug-likeness (QED) is 0.613. The number of carbonyl (C=O) groups is 1. The molecule has 0 bridgehead atoms. The van der Waals surface area contributed by atoms with Crippen LogP contribution in [0, 0.1) is 0 Å². The van der Waals surface area contributed by atoms with Gasteiger partial charge in [0.2, 0.25) is 0 Å². The highest BCUT2D eigenvalue weighted by Gasteiger charge is 2.11. The molecule has 0 aromatic carbocycles. The van der Waals surface area contributed by atoms with E-state index in [0.717, 1.165) is 0 Å². The lowest BCUT2D eigenvalue weighted by molar-refractivity contribution is -0.144. The van der Waals surface area contributed by atoms with Gasteiger partial charge in [0.05, 0.1) is 32.3 Å². The van der Waals surface area contributed by atoms with E-state index in [0.29, 0.717) is 0 Å². The van der Waals surface area contributed by atoms with Gasteiger partial charge in [-0.25, -0.2) is 0 Å². The molecule has 0 aromatic rings. The summed E-state index contributed by atoms with van der Waals surface area (Å²) in [5.74, 6) is -0.421. The fourth-order valence-electron chi connectivity index (χ4n) is 0.638. The first-order valence-electron chi connectivity index (χ1n) is 3.92. The maximum Gasteiger partial charge on any atom is 0.308 e. The van der Waals surface area contributed by atoms with Crippen LogP contribution in [0.3, 0.4) is 0 Å². The number of rotatable bonds is 5. The van der Waals surface area contributed by atoms with E-state index in [1.54, 1.807) is 0 Å². The zero-order valence-corrected chi connectivity index (χ0v) is 7.74. The predicted molar refractivity (Wildman–Crippen MR) is 43.7 cm³/mol. The van der Waals surface area contributed by atoms with Crippen molar-refractivity contribution in [1.82, 2.24) is 0 Å². The first-order valence-corrected chi connectivity index (χ1v) is 3.92. The Kier molecular flexibility index (Phi) is 5.66. The van der Waals surface area contributed by atoms with Crippen LogP contribution in [0.4, 0.5) is 0 Å². The van der Waals surface area contributed by atoms with Gasteiger partial charge >= 0.3 is 5.97 Å². The molecule has 4 heteroatoms. The third-order valence-electron chi connectivity index (χ3n) is 1.25. The third kappa shape index (κ3) is 6.12. The largest absolute Gasteiger partial charge is 0.469 e. The van der Waals surface area contributed by atoms with E-state index in [2.05, 4.69) is 4.74 Å². The molecule has 0 radical (unpaired) electrons. The van der Waals surface area contributed by atoms with Gasteiger partial charge in [-0.3, -0.25) is 4.79 Å². The molecule has 12 heavy (non-hydrogen) atoms. The molecule has 0 heterocycles. The standard InChI is InChI=1S/C8H16O4/c1-6(2)12-5-7(9)4-8(10)11-3/h6-7,9H,4-5H2,1-3H3/t7-/m0/s1. The van der Waals surface area contributed by atoms with Crippen molar-refractivity contribution < 1.29 is 19.4 Å². The Hall–Kier alpha value is -0.610. The lowest BCUT2D eigenvalue weighted by Gasteiger charge is -2.11. The molecule has 0 unspecified atom stereocenters. The SMILES string of the molecule is COC(=O)C[C@H](O)COC(C)C. The van der Waals surface area contributed by atoms with Crippen molar-refractivity contribution in [1.29, 1.82) is 0 Å². The second kappa shape index (κ2) is 5.97. The van der Waals surface area contributed by atoms with Crippen LogP contribution in [0.15, 0.2) is 0 Å². The minimum Gasteiger partial charge on any atom is -0.469 e. The second-order valence-electron chi connectivity index (χ2n) is 2.82. The number of ether oxygens (including phenoxy) is 2. The van der Waals surface area contributed by atoms with E-state index < -0.39 is 12.1 Å². The number of methoxy groups -OCH3 is 1. The zero-order chi connectivity index (χ0) is 9.56. The van der Waals surface area contributed by atoms with Crippen LogP contribution in [0.25, 0.3) is 0 Å². The second-order valence-corrected chi connectivity index (χ2v) is 2.82. The minimum absolute atomic E-state index is 0.0107. The third-order valence-corrected chi connectivity index (χ3v) is 1.25. The Morgan fingerprint density at radius 3 is 2.50 bits per heavy atom. The summed E-state index contributed by atoms with van der Waals surface area (Å²) < 4.78 is 9.46. The van der Waals surface area contributed by atoms with Crippen molar-refractivity contribution in [3.8, 4) is 0 Å². The molecule has 72 valence electrons. The summed E-state index contributed by atoms with van der Waals surface area (Å²) in [5.41, 5.74) is 0. The number of hydrogen-bond acceptors (Lipinski definition) is 4. The first-order chi connectivity index (χ1) is 5.56. The molecule has 0 aliphatic rings. The summed E-state index contributed by atoms with van der Waals surface area (Å²) in [6.07, 6.45) is -0.708. The van der Waals surface area contributed by atoms with E-state index in [4.69, 9.17) is 4.74 Å². The normalized spacial score (nSPS) is 13.1. The molecule has 0 spiro atoms. The Morgan fingerprint density at radius 1 is 1.50 bits per heavy atom. The highest BCUT2D eigenvalue weighted by atomic mass is 16.5. The topological polar surface area (TPSA) is 55.8 Å². The highest BCUT2D eigenvalue weighted by Crippen LogP contribution is 1.97. The average Bonchev–Trinajstić information content (AvgIpc) is 2.00. The van der Waals surface area contributed by atoms with Gasteiger partial charge in [-0.1, -0.05) is 0 Å². The van der Waals surface area contributed by atoms with Gasteiger partial charge in [-0.2, -0.15) is 0 Å². The summed E-state index contributed by atoms with van der Waals surface area (Å²) in [4.78, 5) is 10.6. The lowest BCUT2D eigenvalue weighted by Crippen LogP contribution is -2.22. The summed E-state index contributed by atoms with van der Waals surface area (Å²) in [5, 5.41) is 9.17. The molecule has 4 nitrogen and oxygen atoms in total. The van der Waals surface area contributed by atoms with Crippen molar-refractivity contribution in [3.05, 3.63) is 0 Å². The van der Waals surface area contributed by atoms with E-state index in [1.165, 1.54) is 7.11 Å². The fourth-order valence-corrected chi connectivity index (χ4v) is 0.638. The molecule has 0 saturated heterocycles. The van der Waals surface area contributed by atoms with Gasteiger partial charge in [0.15, 0.2) is 0 Å². The van der Waals surface area contributed by atoms with Crippen molar-refractivity contribution in [3.63, 3.8) is 0 Å². The monoisotopic (exact) mass is 176 g/mol. The Labute approximate surface area is 72.5 Å². The molecule has 0 fully saturated rings. The highest BCUT2D eigenvalue weighted by molar-refractivity contribution is 5.69. The molecule has 1 N–H and O–H groups in total.